The van der Waals surface area contributed by atoms with Crippen molar-refractivity contribution < 1.29 is 37.0 Å². The summed E-state index contributed by atoms with van der Waals surface area (Å²) in [6.07, 6.45) is 4.90. The van der Waals surface area contributed by atoms with Crippen LogP contribution in [0.15, 0.2) is 66.9 Å². The lowest BCUT2D eigenvalue weighted by molar-refractivity contribution is 0.0240. The van der Waals surface area contributed by atoms with Crippen LogP contribution in [0.3, 0.4) is 0 Å². The number of carbonyl (C=O) groups excluding carboxylic acids is 2. The van der Waals surface area contributed by atoms with E-state index in [9.17, 15) is 22.8 Å². The number of halogens is 3. The van der Waals surface area contributed by atoms with Crippen molar-refractivity contribution in [2.45, 2.75) is 77.8 Å². The zero-order chi connectivity index (χ0) is 38.1. The lowest BCUT2D eigenvalue weighted by Crippen LogP contribution is -2.33. The molecule has 7 rings (SSSR count). The number of hydrogen-bond donors (Lipinski definition) is 1. The minimum Gasteiger partial charge on any atom is -0.497 e. The number of nitrogens with one attached hydrogen (secondary N) is 1. The van der Waals surface area contributed by atoms with Gasteiger partial charge < -0.3 is 19.5 Å². The molecule has 282 valence electrons. The summed E-state index contributed by atoms with van der Waals surface area (Å²) in [5.74, 6) is -5.23. The number of nitrogens with zero attached hydrogens (tertiary/aromatic N) is 4. The van der Waals surface area contributed by atoms with Crippen LogP contribution in [0.5, 0.6) is 11.5 Å². The van der Waals surface area contributed by atoms with Crippen molar-refractivity contribution in [3.05, 3.63) is 107 Å². The molecule has 3 aromatic carbocycles. The Morgan fingerprint density at radius 2 is 1.69 bits per heavy atom. The normalized spacial score (nSPS) is 17.0. The highest BCUT2D eigenvalue weighted by Crippen LogP contribution is 2.34. The second-order valence-corrected chi connectivity index (χ2v) is 14.9. The average Bonchev–Trinajstić information content (AvgIpc) is 3.79. The molecule has 13 heteroatoms. The topological polar surface area (TPSA) is 108 Å². The summed E-state index contributed by atoms with van der Waals surface area (Å²) in [7, 11) is 1.52. The van der Waals surface area contributed by atoms with E-state index in [0.29, 0.717) is 30.5 Å². The standard InChI is InChI=1S/C41H42F3N5O5/c1-41(2,3)54-40(51)48-20-27-11-16-33(46-35(27)22-48)26-9-10-28-21-49(47-34(28)17-26)29-12-5-24(6-13-29)19-45-39(50)31-18-32(42)38(37(44)36(31)43)53-23-25-7-14-30(52-4)15-8-25/h7-11,14-18,21,24,29H,5-6,12-13,19-20,22-23H2,1-4H3,(H,45,50)/t24-,29-. The zero-order valence-electron chi connectivity index (χ0n) is 30.6. The molecule has 10 nitrogen and oxygen atoms in total. The van der Waals surface area contributed by atoms with E-state index < -0.39 is 40.3 Å². The number of pyridine rings is 1. The van der Waals surface area contributed by atoms with Crippen molar-refractivity contribution in [3.63, 3.8) is 0 Å². The molecular weight excluding hydrogens is 699 g/mol. The van der Waals surface area contributed by atoms with E-state index in [1.807, 2.05) is 62.0 Å². The van der Waals surface area contributed by atoms with Crippen LogP contribution in [0.4, 0.5) is 18.0 Å². The molecule has 5 aromatic rings. The van der Waals surface area contributed by atoms with Gasteiger partial charge in [-0.2, -0.15) is 9.49 Å². The van der Waals surface area contributed by atoms with E-state index >= 15 is 0 Å². The Morgan fingerprint density at radius 1 is 0.926 bits per heavy atom. The third kappa shape index (κ3) is 7.99. The molecule has 2 aromatic heterocycles. The number of hydrogen-bond acceptors (Lipinski definition) is 7. The third-order valence-corrected chi connectivity index (χ3v) is 9.89. The molecule has 0 radical (unpaired) electrons. The van der Waals surface area contributed by atoms with Gasteiger partial charge in [-0.25, -0.2) is 13.6 Å². The lowest BCUT2D eigenvalue weighted by atomic mass is 9.86. The minimum absolute atomic E-state index is 0.115. The zero-order valence-corrected chi connectivity index (χ0v) is 30.6. The molecule has 1 aliphatic carbocycles. The highest BCUT2D eigenvalue weighted by molar-refractivity contribution is 5.94. The lowest BCUT2D eigenvalue weighted by Gasteiger charge is -2.28. The molecule has 0 unspecified atom stereocenters. The van der Waals surface area contributed by atoms with Gasteiger partial charge in [0, 0.05) is 23.7 Å². The Balaban J connectivity index is 0.924. The van der Waals surface area contributed by atoms with Crippen molar-refractivity contribution in [2.24, 2.45) is 5.92 Å². The second kappa shape index (κ2) is 15.0. The number of methoxy groups -OCH3 is 1. The van der Waals surface area contributed by atoms with Gasteiger partial charge in [0.05, 0.1) is 48.7 Å². The van der Waals surface area contributed by atoms with Crippen LogP contribution < -0.4 is 14.8 Å². The number of ether oxygens (including phenoxy) is 3. The van der Waals surface area contributed by atoms with Crippen molar-refractivity contribution >= 4 is 22.9 Å². The van der Waals surface area contributed by atoms with Crippen molar-refractivity contribution in [1.82, 2.24) is 25.0 Å². The Bertz CT molecular complexity index is 2190. The quantitative estimate of drug-likeness (QED) is 0.151. The van der Waals surface area contributed by atoms with Gasteiger partial charge in [-0.15, -0.1) is 0 Å². The highest BCUT2D eigenvalue weighted by atomic mass is 19.2. The molecule has 2 aliphatic rings. The number of aromatic nitrogens is 3. The maximum atomic E-state index is 14.9. The van der Waals surface area contributed by atoms with Gasteiger partial charge in [-0.1, -0.05) is 30.3 Å². The summed E-state index contributed by atoms with van der Waals surface area (Å²) in [5.41, 5.74) is 3.75. The molecule has 54 heavy (non-hydrogen) atoms. The van der Waals surface area contributed by atoms with Gasteiger partial charge >= 0.3 is 6.09 Å². The van der Waals surface area contributed by atoms with Crippen LogP contribution >= 0.6 is 0 Å². The summed E-state index contributed by atoms with van der Waals surface area (Å²) in [4.78, 5) is 32.0. The number of benzene rings is 3. The van der Waals surface area contributed by atoms with E-state index in [0.717, 1.165) is 59.1 Å². The molecule has 1 aliphatic heterocycles. The number of amides is 2. The summed E-state index contributed by atoms with van der Waals surface area (Å²) >= 11 is 0. The van der Waals surface area contributed by atoms with Gasteiger partial charge in [-0.05, 0) is 93.8 Å². The second-order valence-electron chi connectivity index (χ2n) is 14.9. The third-order valence-electron chi connectivity index (χ3n) is 9.89. The molecule has 0 saturated heterocycles. The fraction of sp³-hybridized carbons (Fsp3) is 0.366. The van der Waals surface area contributed by atoms with Crippen molar-refractivity contribution in [3.8, 4) is 22.8 Å². The first-order chi connectivity index (χ1) is 25.8. The van der Waals surface area contributed by atoms with E-state index in [4.69, 9.17) is 24.3 Å². The van der Waals surface area contributed by atoms with Crippen LogP contribution in [0, 0.1) is 23.4 Å². The van der Waals surface area contributed by atoms with Crippen molar-refractivity contribution in [1.29, 1.82) is 0 Å². The fourth-order valence-corrected chi connectivity index (χ4v) is 6.95. The molecular formula is C41H42F3N5O5. The number of rotatable bonds is 9. The molecule has 2 amide bonds. The Hall–Kier alpha value is -5.59. The predicted molar refractivity (Wildman–Crippen MR) is 195 cm³/mol. The van der Waals surface area contributed by atoms with Gasteiger partial charge in [0.1, 0.15) is 18.0 Å². The first-order valence-corrected chi connectivity index (χ1v) is 18.0. The summed E-state index contributed by atoms with van der Waals surface area (Å²) < 4.78 is 62.5. The minimum atomic E-state index is -1.55. The Kier molecular flexibility index (Phi) is 10.2. The van der Waals surface area contributed by atoms with Gasteiger partial charge in [0.25, 0.3) is 5.91 Å². The van der Waals surface area contributed by atoms with Crippen LogP contribution in [0.2, 0.25) is 0 Å². The molecule has 0 spiro atoms. The molecule has 1 fully saturated rings. The van der Waals surface area contributed by atoms with E-state index in [-0.39, 0.29) is 31.2 Å². The molecule has 0 bridgehead atoms. The summed E-state index contributed by atoms with van der Waals surface area (Å²) in [6.45, 7) is 6.44. The number of carbonyl (C=O) groups is 2. The fourth-order valence-electron chi connectivity index (χ4n) is 6.95. The van der Waals surface area contributed by atoms with Gasteiger partial charge in [0.15, 0.2) is 17.4 Å². The Morgan fingerprint density at radius 3 is 2.41 bits per heavy atom. The van der Waals surface area contributed by atoms with Crippen LogP contribution in [-0.2, 0) is 24.4 Å². The SMILES string of the molecule is COc1ccc(COc2c(F)cc(C(=O)NC[C@H]3CC[C@H](n4cc5ccc(-c6ccc7c(n6)CN(C(=O)OC(C)(C)C)C7)cc5n4)CC3)c(F)c2F)cc1. The average molecular weight is 742 g/mol. The van der Waals surface area contributed by atoms with Crippen LogP contribution in [0.25, 0.3) is 22.2 Å². The predicted octanol–water partition coefficient (Wildman–Crippen LogP) is 8.52. The summed E-state index contributed by atoms with van der Waals surface area (Å²) in [5, 5.41) is 8.56. The van der Waals surface area contributed by atoms with E-state index in [2.05, 4.69) is 5.32 Å². The van der Waals surface area contributed by atoms with Gasteiger partial charge in [-0.3, -0.25) is 19.4 Å². The monoisotopic (exact) mass is 741 g/mol. The van der Waals surface area contributed by atoms with E-state index in [1.54, 1.807) is 29.2 Å². The van der Waals surface area contributed by atoms with E-state index in [1.165, 1.54) is 7.11 Å². The molecule has 3 heterocycles. The number of fused-ring (bicyclic) bond motifs is 2. The highest BCUT2D eigenvalue weighted by Gasteiger charge is 2.30. The first-order valence-electron chi connectivity index (χ1n) is 18.0. The van der Waals surface area contributed by atoms with Crippen molar-refractivity contribution in [2.75, 3.05) is 13.7 Å². The summed E-state index contributed by atoms with van der Waals surface area (Å²) in [6, 6.07) is 17.5. The van der Waals surface area contributed by atoms with Crippen LogP contribution in [0.1, 0.15) is 79.7 Å². The smallest absolute Gasteiger partial charge is 0.410 e. The maximum absolute atomic E-state index is 14.9. The Labute approximate surface area is 311 Å². The maximum Gasteiger partial charge on any atom is 0.410 e. The van der Waals surface area contributed by atoms with Gasteiger partial charge in [0.2, 0.25) is 5.82 Å². The largest absolute Gasteiger partial charge is 0.497 e. The van der Waals surface area contributed by atoms with Crippen LogP contribution in [-0.4, -0.2) is 50.9 Å². The molecule has 1 saturated carbocycles. The molecule has 0 atom stereocenters. The molecule has 1 N–H and O–H groups in total. The first kappa shape index (κ1) is 36.8.